The Kier molecular flexibility index (Phi) is 4.06. The first-order valence-corrected chi connectivity index (χ1v) is 9.09. The molecule has 5 nitrogen and oxygen atoms in total. The Morgan fingerprint density at radius 1 is 1.13 bits per heavy atom. The van der Waals surface area contributed by atoms with Crippen molar-refractivity contribution in [2.45, 2.75) is 11.8 Å². The smallest absolute Gasteiger partial charge is 0.276 e. The summed E-state index contributed by atoms with van der Waals surface area (Å²) in [4.78, 5) is 2.79. The summed E-state index contributed by atoms with van der Waals surface area (Å²) in [7, 11) is -3.72. The van der Waals surface area contributed by atoms with Crippen molar-refractivity contribution in [2.75, 3.05) is 0 Å². The van der Waals surface area contributed by atoms with Crippen LogP contribution in [0.3, 0.4) is 0 Å². The molecule has 0 unspecified atom stereocenters. The van der Waals surface area contributed by atoms with E-state index in [2.05, 4.69) is 9.93 Å². The van der Waals surface area contributed by atoms with Gasteiger partial charge in [0.1, 0.15) is 5.75 Å². The molecule has 118 valence electrons. The molecule has 23 heavy (non-hydrogen) atoms. The van der Waals surface area contributed by atoms with Crippen LogP contribution in [0.1, 0.15) is 10.4 Å². The Balaban J connectivity index is 1.82. The first kappa shape index (κ1) is 15.5. The van der Waals surface area contributed by atoms with Crippen molar-refractivity contribution in [3.8, 4) is 5.75 Å². The molecule has 0 aliphatic carbocycles. The number of nitrogens with one attached hydrogen (secondary N) is 1. The van der Waals surface area contributed by atoms with Crippen molar-refractivity contribution in [2.24, 2.45) is 5.10 Å². The molecule has 0 aliphatic heterocycles. The van der Waals surface area contributed by atoms with Crippen LogP contribution in [-0.4, -0.2) is 19.7 Å². The number of nitrogens with zero attached hydrogens (tertiary/aromatic N) is 1. The van der Waals surface area contributed by atoms with E-state index in [1.54, 1.807) is 18.2 Å². The third-order valence-electron chi connectivity index (χ3n) is 3.28. The van der Waals surface area contributed by atoms with Gasteiger partial charge in [0.15, 0.2) is 0 Å². The van der Waals surface area contributed by atoms with Gasteiger partial charge in [-0.2, -0.15) is 13.5 Å². The number of rotatable bonds is 4. The van der Waals surface area contributed by atoms with Crippen LogP contribution >= 0.6 is 11.3 Å². The fraction of sp³-hybridized carbons (Fsp3) is 0.0625. The van der Waals surface area contributed by atoms with Crippen LogP contribution in [0, 0.1) is 6.92 Å². The highest BCUT2D eigenvalue weighted by Gasteiger charge is 2.13. The first-order chi connectivity index (χ1) is 11.0. The second-order valence-electron chi connectivity index (χ2n) is 4.98. The fourth-order valence-corrected chi connectivity index (χ4v) is 3.82. The quantitative estimate of drug-likeness (QED) is 0.562. The zero-order valence-electron chi connectivity index (χ0n) is 12.2. The second-order valence-corrected chi connectivity index (χ2v) is 7.72. The summed E-state index contributed by atoms with van der Waals surface area (Å²) in [6, 6.07) is 13.9. The summed E-state index contributed by atoms with van der Waals surface area (Å²) < 4.78 is 25.1. The lowest BCUT2D eigenvalue weighted by atomic mass is 10.2. The highest BCUT2D eigenvalue weighted by Crippen LogP contribution is 2.35. The molecular weight excluding hydrogens is 332 g/mol. The zero-order valence-corrected chi connectivity index (χ0v) is 13.9. The van der Waals surface area contributed by atoms with E-state index in [-0.39, 0.29) is 10.6 Å². The number of aryl methyl sites for hydroxylation is 1. The molecule has 2 aromatic carbocycles. The lowest BCUT2D eigenvalue weighted by Gasteiger charge is -2.03. The monoisotopic (exact) mass is 346 g/mol. The molecule has 3 rings (SSSR count). The summed E-state index contributed by atoms with van der Waals surface area (Å²) in [5.74, 6) is 0.101. The van der Waals surface area contributed by atoms with E-state index >= 15 is 0 Å². The van der Waals surface area contributed by atoms with Crippen molar-refractivity contribution in [1.82, 2.24) is 4.83 Å². The van der Waals surface area contributed by atoms with Gasteiger partial charge in [0.2, 0.25) is 0 Å². The van der Waals surface area contributed by atoms with E-state index in [0.717, 1.165) is 15.6 Å². The van der Waals surface area contributed by atoms with Gasteiger partial charge in [0, 0.05) is 10.1 Å². The molecule has 7 heteroatoms. The number of benzene rings is 2. The first-order valence-electron chi connectivity index (χ1n) is 6.79. The molecule has 1 heterocycles. The van der Waals surface area contributed by atoms with Crippen LogP contribution in [0.25, 0.3) is 10.1 Å². The Morgan fingerprint density at radius 2 is 1.83 bits per heavy atom. The predicted molar refractivity (Wildman–Crippen MR) is 92.6 cm³/mol. The highest BCUT2D eigenvalue weighted by molar-refractivity contribution is 7.89. The lowest BCUT2D eigenvalue weighted by molar-refractivity contribution is 0.483. The van der Waals surface area contributed by atoms with Crippen molar-refractivity contribution < 1.29 is 13.5 Å². The molecule has 0 saturated heterocycles. The van der Waals surface area contributed by atoms with Crippen LogP contribution in [0.4, 0.5) is 0 Å². The molecule has 0 radical (unpaired) electrons. The molecule has 0 fully saturated rings. The molecular formula is C16H14N2O3S2. The standard InChI is InChI=1S/C16H14N2O3S2/c1-11-6-8-12(9-7-11)23(20,21)18-17-10-15-16(19)13-4-2-3-5-14(13)22-15/h2-10,18-19H,1H3/b17-10+. The van der Waals surface area contributed by atoms with Crippen LogP contribution in [0.2, 0.25) is 0 Å². The van der Waals surface area contributed by atoms with Crippen LogP contribution in [-0.2, 0) is 10.0 Å². The number of sulfonamides is 1. The largest absolute Gasteiger partial charge is 0.506 e. The van der Waals surface area contributed by atoms with E-state index < -0.39 is 10.0 Å². The van der Waals surface area contributed by atoms with Crippen molar-refractivity contribution >= 4 is 37.7 Å². The number of thiophene rings is 1. The Bertz CT molecular complexity index is 974. The van der Waals surface area contributed by atoms with Crippen molar-refractivity contribution in [3.63, 3.8) is 0 Å². The number of aromatic hydroxyl groups is 1. The van der Waals surface area contributed by atoms with E-state index in [9.17, 15) is 13.5 Å². The fourth-order valence-electron chi connectivity index (χ4n) is 2.06. The van der Waals surface area contributed by atoms with Crippen LogP contribution in [0.5, 0.6) is 5.75 Å². The minimum absolute atomic E-state index is 0.101. The van der Waals surface area contributed by atoms with E-state index in [4.69, 9.17) is 0 Å². The van der Waals surface area contributed by atoms with Gasteiger partial charge in [0.25, 0.3) is 10.0 Å². The van der Waals surface area contributed by atoms with Gasteiger partial charge in [0.05, 0.1) is 16.0 Å². The molecule has 3 aromatic rings. The van der Waals surface area contributed by atoms with Gasteiger partial charge >= 0.3 is 0 Å². The van der Waals surface area contributed by atoms with Gasteiger partial charge in [-0.1, -0.05) is 29.8 Å². The molecule has 0 spiro atoms. The lowest BCUT2D eigenvalue weighted by Crippen LogP contribution is -2.18. The van der Waals surface area contributed by atoms with Gasteiger partial charge in [-0.05, 0) is 31.2 Å². The van der Waals surface area contributed by atoms with Crippen LogP contribution < -0.4 is 4.83 Å². The van der Waals surface area contributed by atoms with Crippen molar-refractivity contribution in [1.29, 1.82) is 0 Å². The number of hydrogen-bond donors (Lipinski definition) is 2. The van der Waals surface area contributed by atoms with Crippen LogP contribution in [0.15, 0.2) is 58.5 Å². The van der Waals surface area contributed by atoms with E-state index in [1.807, 2.05) is 25.1 Å². The molecule has 0 saturated carbocycles. The third kappa shape index (κ3) is 3.20. The minimum atomic E-state index is -3.72. The second kappa shape index (κ2) is 6.02. The normalized spacial score (nSPS) is 12.0. The SMILES string of the molecule is Cc1ccc(S(=O)(=O)N/N=C/c2sc3ccccc3c2O)cc1. The summed E-state index contributed by atoms with van der Waals surface area (Å²) in [6.45, 7) is 1.88. The zero-order chi connectivity index (χ0) is 16.4. The minimum Gasteiger partial charge on any atom is -0.506 e. The van der Waals surface area contributed by atoms with Crippen molar-refractivity contribution in [3.05, 3.63) is 59.0 Å². The maximum absolute atomic E-state index is 12.1. The summed E-state index contributed by atoms with van der Waals surface area (Å²) in [5, 5.41) is 14.6. The number of fused-ring (bicyclic) bond motifs is 1. The Labute approximate surface area is 138 Å². The average molecular weight is 346 g/mol. The predicted octanol–water partition coefficient (Wildman–Crippen LogP) is 3.23. The molecule has 2 N–H and O–H groups in total. The van der Waals surface area contributed by atoms with Gasteiger partial charge in [-0.3, -0.25) is 0 Å². The molecule has 0 amide bonds. The third-order valence-corrected chi connectivity index (χ3v) is 5.61. The highest BCUT2D eigenvalue weighted by atomic mass is 32.2. The number of hydrazone groups is 1. The van der Waals surface area contributed by atoms with Gasteiger partial charge in [-0.25, -0.2) is 4.83 Å². The van der Waals surface area contributed by atoms with E-state index in [1.165, 1.54) is 29.7 Å². The van der Waals surface area contributed by atoms with Gasteiger partial charge in [-0.15, -0.1) is 11.3 Å². The summed E-state index contributed by atoms with van der Waals surface area (Å²) >= 11 is 1.34. The Hall–Kier alpha value is -2.38. The average Bonchev–Trinajstić information content (AvgIpc) is 2.84. The topological polar surface area (TPSA) is 78.8 Å². The summed E-state index contributed by atoms with van der Waals surface area (Å²) in [6.07, 6.45) is 1.31. The maximum Gasteiger partial charge on any atom is 0.276 e. The van der Waals surface area contributed by atoms with Gasteiger partial charge < -0.3 is 5.11 Å². The Morgan fingerprint density at radius 3 is 2.52 bits per heavy atom. The van der Waals surface area contributed by atoms with E-state index in [0.29, 0.717) is 4.88 Å². The molecule has 0 aliphatic rings. The summed E-state index contributed by atoms with van der Waals surface area (Å²) in [5.41, 5.74) is 0.975. The maximum atomic E-state index is 12.1. The molecule has 0 atom stereocenters. The number of hydrogen-bond acceptors (Lipinski definition) is 5. The molecule has 0 bridgehead atoms. The molecule has 1 aromatic heterocycles.